The van der Waals surface area contributed by atoms with Crippen molar-refractivity contribution in [3.63, 3.8) is 0 Å². The van der Waals surface area contributed by atoms with Crippen LogP contribution in [-0.4, -0.2) is 20.3 Å². The topological polar surface area (TPSA) is 30.5 Å². The van der Waals surface area contributed by atoms with Crippen LogP contribution in [0.5, 0.6) is 11.5 Å². The van der Waals surface area contributed by atoms with Crippen molar-refractivity contribution in [2.45, 2.75) is 6.54 Å². The molecule has 0 aliphatic carbocycles. The van der Waals surface area contributed by atoms with Gasteiger partial charge in [0.25, 0.3) is 0 Å². The average molecular weight is 273 g/mol. The largest absolute Gasteiger partial charge is 0.486 e. The van der Waals surface area contributed by atoms with Gasteiger partial charge < -0.3 is 14.8 Å². The highest BCUT2D eigenvalue weighted by Crippen LogP contribution is 2.34. The van der Waals surface area contributed by atoms with E-state index in [1.807, 2.05) is 24.3 Å². The lowest BCUT2D eigenvalue weighted by atomic mass is 10.0. The molecule has 0 saturated heterocycles. The Hall–Kier alpha value is -2.07. The third-order valence-corrected chi connectivity index (χ3v) is 3.30. The van der Waals surface area contributed by atoms with Gasteiger partial charge >= 0.3 is 0 Å². The maximum absolute atomic E-state index is 14.0. The van der Waals surface area contributed by atoms with Crippen molar-refractivity contribution < 1.29 is 13.9 Å². The summed E-state index contributed by atoms with van der Waals surface area (Å²) in [5, 5.41) is 2.95. The summed E-state index contributed by atoms with van der Waals surface area (Å²) in [7, 11) is 1.80. The fourth-order valence-corrected chi connectivity index (χ4v) is 2.28. The number of fused-ring (bicyclic) bond motifs is 1. The summed E-state index contributed by atoms with van der Waals surface area (Å²) in [6, 6.07) is 10.9. The first-order chi connectivity index (χ1) is 9.78. The first-order valence-electron chi connectivity index (χ1n) is 6.61. The Morgan fingerprint density at radius 2 is 1.70 bits per heavy atom. The first kappa shape index (κ1) is 12.9. The molecule has 2 aromatic rings. The number of hydrogen-bond acceptors (Lipinski definition) is 3. The molecular formula is C16H16FNO2. The van der Waals surface area contributed by atoms with Crippen molar-refractivity contribution in [3.8, 4) is 22.6 Å². The van der Waals surface area contributed by atoms with Crippen LogP contribution in [-0.2, 0) is 6.54 Å². The molecule has 20 heavy (non-hydrogen) atoms. The summed E-state index contributed by atoms with van der Waals surface area (Å²) >= 11 is 0. The Balaban J connectivity index is 1.94. The van der Waals surface area contributed by atoms with Crippen molar-refractivity contribution in [1.29, 1.82) is 0 Å². The molecular weight excluding hydrogens is 257 g/mol. The number of ether oxygens (including phenoxy) is 2. The third-order valence-electron chi connectivity index (χ3n) is 3.30. The molecule has 3 rings (SSSR count). The lowest BCUT2D eigenvalue weighted by Gasteiger charge is -2.19. The van der Waals surface area contributed by atoms with Gasteiger partial charge in [0.15, 0.2) is 11.5 Å². The second-order valence-corrected chi connectivity index (χ2v) is 4.69. The summed E-state index contributed by atoms with van der Waals surface area (Å²) < 4.78 is 25.0. The molecule has 0 unspecified atom stereocenters. The molecule has 0 amide bonds. The van der Waals surface area contributed by atoms with E-state index in [-0.39, 0.29) is 5.82 Å². The zero-order valence-electron chi connectivity index (χ0n) is 11.3. The van der Waals surface area contributed by atoms with E-state index in [1.165, 1.54) is 0 Å². The fraction of sp³-hybridized carbons (Fsp3) is 0.250. The highest BCUT2D eigenvalue weighted by molar-refractivity contribution is 5.67. The zero-order chi connectivity index (χ0) is 13.9. The van der Waals surface area contributed by atoms with Crippen molar-refractivity contribution in [1.82, 2.24) is 5.32 Å². The predicted octanol–water partition coefficient (Wildman–Crippen LogP) is 2.98. The zero-order valence-corrected chi connectivity index (χ0v) is 11.3. The number of halogens is 1. The minimum atomic E-state index is -0.202. The van der Waals surface area contributed by atoms with Crippen molar-refractivity contribution in [2.24, 2.45) is 0 Å². The second-order valence-electron chi connectivity index (χ2n) is 4.69. The van der Waals surface area contributed by atoms with Crippen molar-refractivity contribution in [3.05, 3.63) is 47.8 Å². The molecule has 1 aliphatic rings. The Bertz CT molecular complexity index is 628. The normalized spacial score (nSPS) is 13.3. The molecule has 0 spiro atoms. The molecule has 0 saturated carbocycles. The van der Waals surface area contributed by atoms with E-state index in [0.29, 0.717) is 31.1 Å². The van der Waals surface area contributed by atoms with Crippen LogP contribution in [0.4, 0.5) is 4.39 Å². The number of benzene rings is 2. The third kappa shape index (κ3) is 2.47. The van der Waals surface area contributed by atoms with Gasteiger partial charge in [0.2, 0.25) is 0 Å². The number of rotatable bonds is 3. The van der Waals surface area contributed by atoms with Gasteiger partial charge in [-0.3, -0.25) is 0 Å². The standard InChI is InChI=1S/C16H16FNO2/c1-18-10-13-3-2-11(8-14(13)17)12-4-5-15-16(9-12)20-7-6-19-15/h2-5,8-9,18H,6-7,10H2,1H3. The minimum absolute atomic E-state index is 0.202. The monoisotopic (exact) mass is 273 g/mol. The molecule has 0 fully saturated rings. The van der Waals surface area contributed by atoms with Gasteiger partial charge in [0.05, 0.1) is 0 Å². The Labute approximate surface area is 117 Å². The summed E-state index contributed by atoms with van der Waals surface area (Å²) in [6.07, 6.45) is 0. The van der Waals surface area contributed by atoms with E-state index in [9.17, 15) is 4.39 Å². The lowest BCUT2D eigenvalue weighted by molar-refractivity contribution is 0.171. The highest BCUT2D eigenvalue weighted by Gasteiger charge is 2.13. The van der Waals surface area contributed by atoms with Gasteiger partial charge in [0, 0.05) is 12.1 Å². The van der Waals surface area contributed by atoms with Crippen LogP contribution >= 0.6 is 0 Å². The van der Waals surface area contributed by atoms with Crippen LogP contribution in [0.3, 0.4) is 0 Å². The second kappa shape index (κ2) is 5.51. The van der Waals surface area contributed by atoms with Crippen LogP contribution in [0.1, 0.15) is 5.56 Å². The lowest BCUT2D eigenvalue weighted by Crippen LogP contribution is -2.15. The molecule has 1 N–H and O–H groups in total. The van der Waals surface area contributed by atoms with Gasteiger partial charge in [0.1, 0.15) is 19.0 Å². The van der Waals surface area contributed by atoms with Crippen LogP contribution in [0.25, 0.3) is 11.1 Å². The maximum atomic E-state index is 14.0. The van der Waals surface area contributed by atoms with Gasteiger partial charge in [-0.05, 0) is 36.4 Å². The summed E-state index contributed by atoms with van der Waals surface area (Å²) in [5.41, 5.74) is 2.41. The molecule has 1 heterocycles. The molecule has 0 aromatic heterocycles. The molecule has 3 nitrogen and oxygen atoms in total. The summed E-state index contributed by atoms with van der Waals surface area (Å²) in [6.45, 7) is 1.64. The molecule has 0 atom stereocenters. The van der Waals surface area contributed by atoms with Crippen LogP contribution in [0.15, 0.2) is 36.4 Å². The predicted molar refractivity (Wildman–Crippen MR) is 75.6 cm³/mol. The number of hydrogen-bond donors (Lipinski definition) is 1. The van der Waals surface area contributed by atoms with E-state index in [0.717, 1.165) is 16.9 Å². The van der Waals surface area contributed by atoms with Crippen molar-refractivity contribution in [2.75, 3.05) is 20.3 Å². The van der Waals surface area contributed by atoms with E-state index in [1.54, 1.807) is 19.2 Å². The maximum Gasteiger partial charge on any atom is 0.161 e. The quantitative estimate of drug-likeness (QED) is 0.932. The molecule has 0 radical (unpaired) electrons. The van der Waals surface area contributed by atoms with E-state index in [2.05, 4.69) is 5.32 Å². The van der Waals surface area contributed by atoms with Crippen LogP contribution in [0.2, 0.25) is 0 Å². The molecule has 104 valence electrons. The molecule has 2 aromatic carbocycles. The Morgan fingerprint density at radius 1 is 1.00 bits per heavy atom. The highest BCUT2D eigenvalue weighted by atomic mass is 19.1. The van der Waals surface area contributed by atoms with Crippen LogP contribution < -0.4 is 14.8 Å². The Kier molecular flexibility index (Phi) is 3.56. The molecule has 0 bridgehead atoms. The van der Waals surface area contributed by atoms with Gasteiger partial charge in [-0.15, -0.1) is 0 Å². The smallest absolute Gasteiger partial charge is 0.161 e. The minimum Gasteiger partial charge on any atom is -0.486 e. The molecule has 4 heteroatoms. The first-order valence-corrected chi connectivity index (χ1v) is 6.61. The van der Waals surface area contributed by atoms with Gasteiger partial charge in [-0.2, -0.15) is 0 Å². The van der Waals surface area contributed by atoms with E-state index in [4.69, 9.17) is 9.47 Å². The van der Waals surface area contributed by atoms with E-state index >= 15 is 0 Å². The average Bonchev–Trinajstić information content (AvgIpc) is 2.49. The SMILES string of the molecule is CNCc1ccc(-c2ccc3c(c2)OCCO3)cc1F. The van der Waals surface area contributed by atoms with Gasteiger partial charge in [-0.1, -0.05) is 18.2 Å². The number of nitrogens with one attached hydrogen (secondary N) is 1. The van der Waals surface area contributed by atoms with Crippen molar-refractivity contribution >= 4 is 0 Å². The summed E-state index contributed by atoms with van der Waals surface area (Å²) in [5.74, 6) is 1.26. The Morgan fingerprint density at radius 3 is 2.45 bits per heavy atom. The fourth-order valence-electron chi connectivity index (χ4n) is 2.28. The molecule has 1 aliphatic heterocycles. The van der Waals surface area contributed by atoms with Gasteiger partial charge in [-0.25, -0.2) is 4.39 Å². The van der Waals surface area contributed by atoms with Crippen LogP contribution in [0, 0.1) is 5.82 Å². The summed E-state index contributed by atoms with van der Waals surface area (Å²) in [4.78, 5) is 0. The van der Waals surface area contributed by atoms with E-state index < -0.39 is 0 Å².